The predicted octanol–water partition coefficient (Wildman–Crippen LogP) is 4.08. The van der Waals surface area contributed by atoms with Gasteiger partial charge in [-0.25, -0.2) is 5.43 Å². The summed E-state index contributed by atoms with van der Waals surface area (Å²) >= 11 is 7.03. The van der Waals surface area contributed by atoms with Crippen molar-refractivity contribution in [3.8, 4) is 11.4 Å². The molecule has 0 unspecified atom stereocenters. The Hall–Kier alpha value is -3.24. The molecule has 3 rings (SSSR count). The molecule has 160 valence electrons. The summed E-state index contributed by atoms with van der Waals surface area (Å²) in [5.41, 5.74) is 4.73. The molecular weight excluding hydrogens is 440 g/mol. The SMILES string of the molecule is CCn1c(SCC(=O)NN=Cc2ccc(Cl)c([N+](=O)[O-])c2)nnc1-c1ccc(C)cc1. The fourth-order valence-electron chi connectivity index (χ4n) is 2.69. The van der Waals surface area contributed by atoms with E-state index >= 15 is 0 Å². The van der Waals surface area contributed by atoms with E-state index in [9.17, 15) is 14.9 Å². The van der Waals surface area contributed by atoms with Gasteiger partial charge < -0.3 is 4.57 Å². The lowest BCUT2D eigenvalue weighted by molar-refractivity contribution is -0.384. The van der Waals surface area contributed by atoms with Crippen molar-refractivity contribution < 1.29 is 9.72 Å². The van der Waals surface area contributed by atoms with Crippen LogP contribution in [0, 0.1) is 17.0 Å². The number of halogens is 1. The highest BCUT2D eigenvalue weighted by Gasteiger charge is 2.15. The van der Waals surface area contributed by atoms with Crippen LogP contribution in [0.4, 0.5) is 5.69 Å². The fourth-order valence-corrected chi connectivity index (χ4v) is 3.67. The number of thioether (sulfide) groups is 1. The molecule has 31 heavy (non-hydrogen) atoms. The number of nitro groups is 1. The maximum atomic E-state index is 12.1. The number of nitrogens with one attached hydrogen (secondary N) is 1. The van der Waals surface area contributed by atoms with E-state index in [1.54, 1.807) is 6.07 Å². The minimum atomic E-state index is -0.580. The van der Waals surface area contributed by atoms with Crippen LogP contribution in [-0.4, -0.2) is 37.6 Å². The van der Waals surface area contributed by atoms with Gasteiger partial charge >= 0.3 is 0 Å². The largest absolute Gasteiger partial charge is 0.302 e. The van der Waals surface area contributed by atoms with Crippen molar-refractivity contribution in [3.05, 3.63) is 68.7 Å². The van der Waals surface area contributed by atoms with E-state index in [1.807, 2.05) is 42.7 Å². The van der Waals surface area contributed by atoms with E-state index < -0.39 is 4.92 Å². The van der Waals surface area contributed by atoms with E-state index in [0.717, 1.165) is 17.0 Å². The smallest absolute Gasteiger partial charge is 0.288 e. The lowest BCUT2D eigenvalue weighted by Crippen LogP contribution is -2.20. The van der Waals surface area contributed by atoms with Crippen molar-refractivity contribution in [1.29, 1.82) is 0 Å². The molecule has 0 saturated heterocycles. The first-order valence-corrected chi connectivity index (χ1v) is 10.6. The van der Waals surface area contributed by atoms with E-state index in [0.29, 0.717) is 17.3 Å². The van der Waals surface area contributed by atoms with Crippen LogP contribution in [0.3, 0.4) is 0 Å². The van der Waals surface area contributed by atoms with Gasteiger partial charge in [-0.2, -0.15) is 5.10 Å². The van der Waals surface area contributed by atoms with Crippen LogP contribution in [-0.2, 0) is 11.3 Å². The number of hydrazone groups is 1. The third-order valence-electron chi connectivity index (χ3n) is 4.24. The average molecular weight is 459 g/mol. The summed E-state index contributed by atoms with van der Waals surface area (Å²) < 4.78 is 1.94. The second-order valence-corrected chi connectivity index (χ2v) is 7.82. The molecular formula is C20H19ClN6O3S. The number of carbonyl (C=O) groups excluding carboxylic acids is 1. The summed E-state index contributed by atoms with van der Waals surface area (Å²) in [6.07, 6.45) is 1.32. The maximum Gasteiger partial charge on any atom is 0.288 e. The van der Waals surface area contributed by atoms with Crippen LogP contribution in [0.2, 0.25) is 5.02 Å². The molecule has 1 heterocycles. The first-order chi connectivity index (χ1) is 14.9. The number of hydrogen-bond donors (Lipinski definition) is 1. The predicted molar refractivity (Wildman–Crippen MR) is 120 cm³/mol. The van der Waals surface area contributed by atoms with Gasteiger partial charge in [-0.05, 0) is 19.9 Å². The zero-order valence-electron chi connectivity index (χ0n) is 16.8. The Bertz CT molecular complexity index is 1130. The topological polar surface area (TPSA) is 115 Å². The summed E-state index contributed by atoms with van der Waals surface area (Å²) in [4.78, 5) is 22.5. The summed E-state index contributed by atoms with van der Waals surface area (Å²) in [5.74, 6) is 0.490. The average Bonchev–Trinajstić information content (AvgIpc) is 3.16. The number of benzene rings is 2. The molecule has 2 aromatic carbocycles. The van der Waals surface area contributed by atoms with Gasteiger partial charge in [0.2, 0.25) is 0 Å². The third kappa shape index (κ3) is 5.68. The Morgan fingerprint density at radius 2 is 2.03 bits per heavy atom. The first kappa shape index (κ1) is 22.4. The zero-order chi connectivity index (χ0) is 22.4. The van der Waals surface area contributed by atoms with E-state index in [4.69, 9.17) is 11.6 Å². The molecule has 0 fully saturated rings. The number of amides is 1. The highest BCUT2D eigenvalue weighted by atomic mass is 35.5. The normalized spacial score (nSPS) is 11.1. The van der Waals surface area contributed by atoms with Crippen molar-refractivity contribution in [2.75, 3.05) is 5.75 Å². The highest BCUT2D eigenvalue weighted by Crippen LogP contribution is 2.25. The fraction of sp³-hybridized carbons (Fsp3) is 0.200. The summed E-state index contributed by atoms with van der Waals surface area (Å²) in [6.45, 7) is 4.67. The van der Waals surface area contributed by atoms with Crippen LogP contribution in [0.25, 0.3) is 11.4 Å². The van der Waals surface area contributed by atoms with Crippen LogP contribution >= 0.6 is 23.4 Å². The van der Waals surface area contributed by atoms with Gasteiger partial charge in [0, 0.05) is 23.7 Å². The van der Waals surface area contributed by atoms with Gasteiger partial charge in [0.15, 0.2) is 11.0 Å². The minimum absolute atomic E-state index is 0.0348. The molecule has 0 bridgehead atoms. The highest BCUT2D eigenvalue weighted by molar-refractivity contribution is 7.99. The summed E-state index contributed by atoms with van der Waals surface area (Å²) in [6, 6.07) is 12.3. The molecule has 0 saturated carbocycles. The van der Waals surface area contributed by atoms with Crippen molar-refractivity contribution in [3.63, 3.8) is 0 Å². The van der Waals surface area contributed by atoms with Crippen LogP contribution in [0.5, 0.6) is 0 Å². The van der Waals surface area contributed by atoms with Crippen molar-refractivity contribution in [1.82, 2.24) is 20.2 Å². The Labute approximate surface area is 187 Å². The van der Waals surface area contributed by atoms with E-state index in [-0.39, 0.29) is 22.4 Å². The van der Waals surface area contributed by atoms with Crippen LogP contribution in [0.15, 0.2) is 52.7 Å². The molecule has 1 N–H and O–H groups in total. The Balaban J connectivity index is 1.60. The monoisotopic (exact) mass is 458 g/mol. The molecule has 1 aromatic heterocycles. The molecule has 0 aliphatic rings. The number of carbonyl (C=O) groups is 1. The molecule has 0 spiro atoms. The van der Waals surface area contributed by atoms with E-state index in [1.165, 1.54) is 30.1 Å². The molecule has 0 radical (unpaired) electrons. The summed E-state index contributed by atoms with van der Waals surface area (Å²) in [5, 5.41) is 23.9. The second kappa shape index (κ2) is 10.2. The Morgan fingerprint density at radius 1 is 1.29 bits per heavy atom. The van der Waals surface area contributed by atoms with Crippen molar-refractivity contribution >= 4 is 41.2 Å². The first-order valence-electron chi connectivity index (χ1n) is 9.28. The Kier molecular flexibility index (Phi) is 7.37. The number of rotatable bonds is 8. The van der Waals surface area contributed by atoms with Crippen molar-refractivity contribution in [2.24, 2.45) is 5.10 Å². The van der Waals surface area contributed by atoms with Gasteiger partial charge in [-0.15, -0.1) is 10.2 Å². The minimum Gasteiger partial charge on any atom is -0.302 e. The van der Waals surface area contributed by atoms with Crippen molar-refractivity contribution in [2.45, 2.75) is 25.5 Å². The third-order valence-corrected chi connectivity index (χ3v) is 5.53. The number of hydrogen-bond acceptors (Lipinski definition) is 7. The lowest BCUT2D eigenvalue weighted by atomic mass is 10.1. The standard InChI is InChI=1S/C20H19ClN6O3S/c1-3-26-19(15-7-4-13(2)5-8-15)24-25-20(26)31-12-18(28)23-22-11-14-6-9-16(21)17(10-14)27(29)30/h4-11H,3,12H2,1-2H3,(H,23,28). The van der Waals surface area contributed by atoms with E-state index in [2.05, 4.69) is 20.7 Å². The molecule has 0 aliphatic carbocycles. The lowest BCUT2D eigenvalue weighted by Gasteiger charge is -2.07. The molecule has 11 heteroatoms. The van der Waals surface area contributed by atoms with Crippen LogP contribution < -0.4 is 5.43 Å². The molecule has 0 aliphatic heterocycles. The zero-order valence-corrected chi connectivity index (χ0v) is 18.4. The van der Waals surface area contributed by atoms with Gasteiger partial charge in [-0.1, -0.05) is 59.3 Å². The second-order valence-electron chi connectivity index (χ2n) is 6.47. The van der Waals surface area contributed by atoms with Gasteiger partial charge in [-0.3, -0.25) is 14.9 Å². The number of aromatic nitrogens is 3. The van der Waals surface area contributed by atoms with Gasteiger partial charge in [0.25, 0.3) is 11.6 Å². The number of aryl methyl sites for hydroxylation is 1. The van der Waals surface area contributed by atoms with Gasteiger partial charge in [0.05, 0.1) is 16.9 Å². The summed E-state index contributed by atoms with van der Waals surface area (Å²) in [7, 11) is 0. The molecule has 3 aromatic rings. The quantitative estimate of drug-likeness (QED) is 0.235. The number of nitro benzene ring substituents is 1. The number of nitrogens with zero attached hydrogens (tertiary/aromatic N) is 5. The molecule has 1 amide bonds. The molecule has 0 atom stereocenters. The van der Waals surface area contributed by atoms with Crippen LogP contribution in [0.1, 0.15) is 18.1 Å². The maximum absolute atomic E-state index is 12.1. The van der Waals surface area contributed by atoms with Gasteiger partial charge in [0.1, 0.15) is 5.02 Å². The molecule has 9 nitrogen and oxygen atoms in total. The Morgan fingerprint density at radius 3 is 2.71 bits per heavy atom.